The number of hydrogen-bond donors (Lipinski definition) is 2. The first-order valence-electron chi connectivity index (χ1n) is 3.11. The molecule has 0 saturated heterocycles. The van der Waals surface area contributed by atoms with Gasteiger partial charge in [0.15, 0.2) is 0 Å². The van der Waals surface area contributed by atoms with Gasteiger partial charge >= 0.3 is 0 Å². The molecule has 0 aliphatic rings. The number of thiol groups is 2. The lowest BCUT2D eigenvalue weighted by atomic mass is 10.1. The zero-order valence-electron chi connectivity index (χ0n) is 6.05. The smallest absolute Gasteiger partial charge is 0.0110 e. The molecule has 0 nitrogen and oxygen atoms in total. The molecule has 2 heteroatoms. The van der Waals surface area contributed by atoms with Gasteiger partial charge in [0.2, 0.25) is 0 Å². The summed E-state index contributed by atoms with van der Waals surface area (Å²) >= 11 is 8.60. The lowest BCUT2D eigenvalue weighted by Gasteiger charge is -2.04. The lowest BCUT2D eigenvalue weighted by Crippen LogP contribution is -1.82. The second-order valence-electron chi connectivity index (χ2n) is 2.38. The van der Waals surface area contributed by atoms with E-state index < -0.39 is 0 Å². The van der Waals surface area contributed by atoms with E-state index in [-0.39, 0.29) is 0 Å². The Labute approximate surface area is 72.5 Å². The summed E-state index contributed by atoms with van der Waals surface area (Å²) < 4.78 is 0. The van der Waals surface area contributed by atoms with Crippen LogP contribution in [0.3, 0.4) is 0 Å². The van der Waals surface area contributed by atoms with Gasteiger partial charge in [-0.1, -0.05) is 6.07 Å². The van der Waals surface area contributed by atoms with Crippen LogP contribution in [0.4, 0.5) is 0 Å². The van der Waals surface area contributed by atoms with Gasteiger partial charge in [-0.3, -0.25) is 0 Å². The van der Waals surface area contributed by atoms with Crippen LogP contribution in [-0.4, -0.2) is 0 Å². The zero-order valence-corrected chi connectivity index (χ0v) is 7.84. The average Bonchev–Trinajstić information content (AvgIpc) is 1.93. The molecule has 0 aliphatic heterocycles. The summed E-state index contributed by atoms with van der Waals surface area (Å²) in [4.78, 5) is 2.06. The standard InChI is InChI=1S/C8H10S2/c1-5-3-4-7(9)6(2)8(5)10/h3-4,9-10H,1-2H3. The van der Waals surface area contributed by atoms with E-state index in [4.69, 9.17) is 0 Å². The Morgan fingerprint density at radius 1 is 1.10 bits per heavy atom. The summed E-state index contributed by atoms with van der Waals surface area (Å²) in [6, 6.07) is 4.02. The first kappa shape index (κ1) is 8.02. The third-order valence-corrected chi connectivity index (χ3v) is 2.78. The quantitative estimate of drug-likeness (QED) is 0.550. The van der Waals surface area contributed by atoms with E-state index in [2.05, 4.69) is 25.3 Å². The topological polar surface area (TPSA) is 0 Å². The highest BCUT2D eigenvalue weighted by Gasteiger charge is 1.99. The van der Waals surface area contributed by atoms with Crippen molar-refractivity contribution < 1.29 is 0 Å². The number of rotatable bonds is 0. The molecule has 1 aromatic rings. The number of aryl methyl sites for hydroxylation is 1. The van der Waals surface area contributed by atoms with E-state index in [0.29, 0.717) is 0 Å². The normalized spacial score (nSPS) is 10.0. The van der Waals surface area contributed by atoms with Gasteiger partial charge in [0, 0.05) is 9.79 Å². The molecule has 0 aromatic heterocycles. The molecule has 0 heterocycles. The molecule has 0 N–H and O–H groups in total. The van der Waals surface area contributed by atoms with Crippen LogP contribution >= 0.6 is 25.3 Å². The first-order chi connectivity index (χ1) is 4.63. The van der Waals surface area contributed by atoms with Gasteiger partial charge < -0.3 is 0 Å². The monoisotopic (exact) mass is 170 g/mol. The summed E-state index contributed by atoms with van der Waals surface area (Å²) in [6.07, 6.45) is 0. The van der Waals surface area contributed by atoms with Crippen molar-refractivity contribution in [3.63, 3.8) is 0 Å². The highest BCUT2D eigenvalue weighted by Crippen LogP contribution is 2.23. The van der Waals surface area contributed by atoms with Gasteiger partial charge in [-0.15, -0.1) is 25.3 Å². The van der Waals surface area contributed by atoms with Crippen molar-refractivity contribution in [2.24, 2.45) is 0 Å². The van der Waals surface area contributed by atoms with E-state index in [1.807, 2.05) is 26.0 Å². The molecule has 54 valence electrons. The lowest BCUT2D eigenvalue weighted by molar-refractivity contribution is 1.15. The van der Waals surface area contributed by atoms with Crippen LogP contribution in [0.1, 0.15) is 11.1 Å². The Bertz CT molecular complexity index is 227. The second kappa shape index (κ2) is 2.89. The van der Waals surface area contributed by atoms with Gasteiger partial charge in [0.05, 0.1) is 0 Å². The van der Waals surface area contributed by atoms with Gasteiger partial charge in [-0.2, -0.15) is 0 Å². The predicted molar refractivity (Wildman–Crippen MR) is 50.4 cm³/mol. The molecule has 0 unspecified atom stereocenters. The molecular weight excluding hydrogens is 160 g/mol. The van der Waals surface area contributed by atoms with E-state index >= 15 is 0 Å². The maximum Gasteiger partial charge on any atom is 0.0110 e. The van der Waals surface area contributed by atoms with Crippen molar-refractivity contribution >= 4 is 25.3 Å². The fraction of sp³-hybridized carbons (Fsp3) is 0.250. The van der Waals surface area contributed by atoms with Gasteiger partial charge in [-0.05, 0) is 31.0 Å². The van der Waals surface area contributed by atoms with Crippen LogP contribution in [-0.2, 0) is 0 Å². The minimum absolute atomic E-state index is 1.01. The fourth-order valence-corrected chi connectivity index (χ4v) is 1.29. The zero-order chi connectivity index (χ0) is 7.72. The number of hydrogen-bond acceptors (Lipinski definition) is 2. The Morgan fingerprint density at radius 2 is 1.70 bits per heavy atom. The molecule has 0 atom stereocenters. The van der Waals surface area contributed by atoms with Gasteiger partial charge in [-0.25, -0.2) is 0 Å². The van der Waals surface area contributed by atoms with Gasteiger partial charge in [0.25, 0.3) is 0 Å². The SMILES string of the molecule is Cc1ccc(S)c(C)c1S. The van der Waals surface area contributed by atoms with Crippen molar-refractivity contribution in [1.82, 2.24) is 0 Å². The molecule has 0 bridgehead atoms. The summed E-state index contributed by atoms with van der Waals surface area (Å²) in [5, 5.41) is 0. The molecule has 0 saturated carbocycles. The summed E-state index contributed by atoms with van der Waals surface area (Å²) in [6.45, 7) is 4.07. The largest absolute Gasteiger partial charge is 0.143 e. The average molecular weight is 170 g/mol. The Balaban J connectivity index is 3.34. The van der Waals surface area contributed by atoms with Crippen LogP contribution in [0.25, 0.3) is 0 Å². The fourth-order valence-electron chi connectivity index (χ4n) is 0.825. The minimum atomic E-state index is 1.01. The van der Waals surface area contributed by atoms with Crippen molar-refractivity contribution in [2.75, 3.05) is 0 Å². The highest BCUT2D eigenvalue weighted by molar-refractivity contribution is 7.81. The Morgan fingerprint density at radius 3 is 2.20 bits per heavy atom. The van der Waals surface area contributed by atoms with Crippen molar-refractivity contribution in [3.8, 4) is 0 Å². The Kier molecular flexibility index (Phi) is 2.32. The molecule has 0 aliphatic carbocycles. The van der Waals surface area contributed by atoms with Crippen LogP contribution in [0.5, 0.6) is 0 Å². The molecule has 0 spiro atoms. The molecule has 0 fully saturated rings. The van der Waals surface area contributed by atoms with Crippen LogP contribution in [0.2, 0.25) is 0 Å². The third-order valence-electron chi connectivity index (χ3n) is 1.60. The van der Waals surface area contributed by atoms with E-state index in [9.17, 15) is 0 Å². The molecule has 1 rings (SSSR count). The molecule has 10 heavy (non-hydrogen) atoms. The van der Waals surface area contributed by atoms with Crippen LogP contribution in [0.15, 0.2) is 21.9 Å². The third kappa shape index (κ3) is 1.32. The predicted octanol–water partition coefficient (Wildman–Crippen LogP) is 2.88. The van der Waals surface area contributed by atoms with E-state index in [1.54, 1.807) is 0 Å². The summed E-state index contributed by atoms with van der Waals surface area (Å²) in [5.41, 5.74) is 2.37. The molecular formula is C8H10S2. The maximum atomic E-state index is 4.33. The molecule has 0 amide bonds. The van der Waals surface area contributed by atoms with Crippen molar-refractivity contribution in [2.45, 2.75) is 23.6 Å². The van der Waals surface area contributed by atoms with E-state index in [0.717, 1.165) is 15.4 Å². The Hall–Kier alpha value is -0.0800. The van der Waals surface area contributed by atoms with E-state index in [1.165, 1.54) is 5.56 Å². The molecule has 1 aromatic carbocycles. The first-order valence-corrected chi connectivity index (χ1v) is 4.00. The van der Waals surface area contributed by atoms with Gasteiger partial charge in [0.1, 0.15) is 0 Å². The second-order valence-corrected chi connectivity index (χ2v) is 3.30. The van der Waals surface area contributed by atoms with Crippen LogP contribution in [0, 0.1) is 13.8 Å². The number of benzene rings is 1. The van der Waals surface area contributed by atoms with Crippen molar-refractivity contribution in [3.05, 3.63) is 23.3 Å². The maximum absolute atomic E-state index is 4.33. The summed E-state index contributed by atoms with van der Waals surface area (Å²) in [7, 11) is 0. The van der Waals surface area contributed by atoms with Crippen LogP contribution < -0.4 is 0 Å². The van der Waals surface area contributed by atoms with Crippen molar-refractivity contribution in [1.29, 1.82) is 0 Å². The minimum Gasteiger partial charge on any atom is -0.143 e. The highest BCUT2D eigenvalue weighted by atomic mass is 32.1. The summed E-state index contributed by atoms with van der Waals surface area (Å²) in [5.74, 6) is 0. The molecule has 0 radical (unpaired) electrons.